The van der Waals surface area contributed by atoms with E-state index in [2.05, 4.69) is 10.6 Å². The molecule has 0 atom stereocenters. The highest BCUT2D eigenvalue weighted by atomic mass is 16.6. The number of anilines is 2. The van der Waals surface area contributed by atoms with Crippen LogP contribution in [0.3, 0.4) is 0 Å². The van der Waals surface area contributed by atoms with E-state index in [4.69, 9.17) is 23.7 Å². The standard InChI is InChI=1S/C38H49N3O9/c1-7-47-34(42)16-9-8-12-24-48-29-20-18-28(19-21-29)41(5)36(44)27-17-22-31(33(26-27)46-6)40-35(43)30-14-10-11-15-32(30)49-25-13-23-39-37(45)50-38(2,3)4/h10-11,14-15,17-22,26H,7-9,12-13,16,23-25H2,1-6H3,(H,39,45)(H,40,43). The third-order valence-electron chi connectivity index (χ3n) is 7.20. The fourth-order valence-electron chi connectivity index (χ4n) is 4.70. The molecule has 0 spiro atoms. The molecule has 12 heteroatoms. The summed E-state index contributed by atoms with van der Waals surface area (Å²) in [4.78, 5) is 51.4. The first-order valence-corrected chi connectivity index (χ1v) is 16.8. The average Bonchev–Trinajstić information content (AvgIpc) is 3.09. The van der Waals surface area contributed by atoms with Crippen molar-refractivity contribution in [3.8, 4) is 17.2 Å². The van der Waals surface area contributed by atoms with Crippen LogP contribution in [0.1, 0.15) is 80.5 Å². The van der Waals surface area contributed by atoms with Crippen molar-refractivity contribution in [2.75, 3.05) is 50.7 Å². The Morgan fingerprint density at radius 1 is 0.820 bits per heavy atom. The molecule has 0 bridgehead atoms. The molecule has 0 saturated carbocycles. The topological polar surface area (TPSA) is 142 Å². The number of esters is 1. The summed E-state index contributed by atoms with van der Waals surface area (Å²) in [7, 11) is 3.14. The summed E-state index contributed by atoms with van der Waals surface area (Å²) in [5.74, 6) is 0.529. The van der Waals surface area contributed by atoms with Crippen molar-refractivity contribution in [3.63, 3.8) is 0 Å². The van der Waals surface area contributed by atoms with Gasteiger partial charge >= 0.3 is 12.1 Å². The van der Waals surface area contributed by atoms with E-state index in [9.17, 15) is 19.2 Å². The van der Waals surface area contributed by atoms with Crippen LogP contribution < -0.4 is 29.7 Å². The van der Waals surface area contributed by atoms with Gasteiger partial charge in [-0.2, -0.15) is 0 Å². The van der Waals surface area contributed by atoms with E-state index in [0.717, 1.165) is 19.3 Å². The van der Waals surface area contributed by atoms with Crippen LogP contribution in [0.5, 0.6) is 17.2 Å². The van der Waals surface area contributed by atoms with Crippen molar-refractivity contribution in [1.82, 2.24) is 5.32 Å². The number of ether oxygens (including phenoxy) is 5. The summed E-state index contributed by atoms with van der Waals surface area (Å²) in [6.07, 6.45) is 2.85. The van der Waals surface area contributed by atoms with Gasteiger partial charge in [0.05, 0.1) is 38.2 Å². The molecular formula is C38H49N3O9. The van der Waals surface area contributed by atoms with Crippen molar-refractivity contribution in [2.24, 2.45) is 0 Å². The molecule has 0 aliphatic carbocycles. The van der Waals surface area contributed by atoms with Crippen molar-refractivity contribution in [1.29, 1.82) is 0 Å². The summed E-state index contributed by atoms with van der Waals surface area (Å²) >= 11 is 0. The summed E-state index contributed by atoms with van der Waals surface area (Å²) in [5.41, 5.74) is 1.16. The molecule has 0 aliphatic heterocycles. The molecule has 3 amide bonds. The number of alkyl carbamates (subject to hydrolysis) is 1. The zero-order valence-electron chi connectivity index (χ0n) is 29.8. The maximum absolute atomic E-state index is 13.4. The van der Waals surface area contributed by atoms with Gasteiger partial charge in [0.15, 0.2) is 0 Å². The molecule has 0 aromatic heterocycles. The number of carbonyl (C=O) groups is 4. The van der Waals surface area contributed by atoms with Crippen LogP contribution in [-0.2, 0) is 14.3 Å². The van der Waals surface area contributed by atoms with Gasteiger partial charge in [-0.3, -0.25) is 14.4 Å². The maximum Gasteiger partial charge on any atom is 0.407 e. The molecule has 0 saturated heterocycles. The van der Waals surface area contributed by atoms with Gasteiger partial charge in [0.1, 0.15) is 22.8 Å². The van der Waals surface area contributed by atoms with Crippen LogP contribution in [0.2, 0.25) is 0 Å². The predicted molar refractivity (Wildman–Crippen MR) is 192 cm³/mol. The van der Waals surface area contributed by atoms with E-state index in [0.29, 0.717) is 72.4 Å². The molecular weight excluding hydrogens is 642 g/mol. The van der Waals surface area contributed by atoms with Gasteiger partial charge in [-0.05, 0) is 108 Å². The normalized spacial score (nSPS) is 10.8. The number of rotatable bonds is 18. The predicted octanol–water partition coefficient (Wildman–Crippen LogP) is 7.02. The van der Waals surface area contributed by atoms with Crippen molar-refractivity contribution < 1.29 is 42.9 Å². The first-order chi connectivity index (χ1) is 23.9. The SMILES string of the molecule is CCOC(=O)CCCCCOc1ccc(N(C)C(=O)c2ccc(NC(=O)c3ccccc3OCCCNC(=O)OC(C)(C)C)c(OC)c2)cc1. The number of nitrogens with zero attached hydrogens (tertiary/aromatic N) is 1. The minimum absolute atomic E-state index is 0.173. The summed E-state index contributed by atoms with van der Waals surface area (Å²) < 4.78 is 27.4. The number of carbonyl (C=O) groups excluding carboxylic acids is 4. The lowest BCUT2D eigenvalue weighted by molar-refractivity contribution is -0.143. The first-order valence-electron chi connectivity index (χ1n) is 16.8. The molecule has 270 valence electrons. The van der Waals surface area contributed by atoms with E-state index in [1.54, 1.807) is 101 Å². The second kappa shape index (κ2) is 19.7. The number of para-hydroxylation sites is 1. The van der Waals surface area contributed by atoms with Crippen molar-refractivity contribution in [3.05, 3.63) is 77.9 Å². The van der Waals surface area contributed by atoms with E-state index in [-0.39, 0.29) is 18.5 Å². The Hall–Kier alpha value is -5.26. The Labute approximate surface area is 294 Å². The molecule has 0 radical (unpaired) electrons. The molecule has 2 N–H and O–H groups in total. The van der Waals surface area contributed by atoms with E-state index in [1.165, 1.54) is 12.0 Å². The number of methoxy groups -OCH3 is 1. The molecule has 0 heterocycles. The second-order valence-electron chi connectivity index (χ2n) is 12.3. The number of amides is 3. The Balaban J connectivity index is 1.53. The van der Waals surface area contributed by atoms with Gasteiger partial charge in [0, 0.05) is 31.3 Å². The Morgan fingerprint density at radius 3 is 2.24 bits per heavy atom. The van der Waals surface area contributed by atoms with Crippen LogP contribution >= 0.6 is 0 Å². The van der Waals surface area contributed by atoms with Crippen LogP contribution in [0.15, 0.2) is 66.7 Å². The van der Waals surface area contributed by atoms with Crippen LogP contribution in [0, 0.1) is 0 Å². The number of hydrogen-bond acceptors (Lipinski definition) is 9. The Kier molecular flexibility index (Phi) is 15.4. The van der Waals surface area contributed by atoms with E-state index < -0.39 is 17.6 Å². The van der Waals surface area contributed by atoms with Gasteiger partial charge in [-0.1, -0.05) is 12.1 Å². The fraction of sp³-hybridized carbons (Fsp3) is 0.421. The number of hydrogen-bond donors (Lipinski definition) is 2. The number of benzene rings is 3. The van der Waals surface area contributed by atoms with Gasteiger partial charge in [-0.15, -0.1) is 0 Å². The van der Waals surface area contributed by atoms with Crippen molar-refractivity contribution >= 4 is 35.3 Å². The summed E-state index contributed by atoms with van der Waals surface area (Å²) in [6, 6.07) is 18.9. The maximum atomic E-state index is 13.4. The molecule has 12 nitrogen and oxygen atoms in total. The third kappa shape index (κ3) is 13.0. The van der Waals surface area contributed by atoms with Gasteiger partial charge in [-0.25, -0.2) is 4.79 Å². The second-order valence-corrected chi connectivity index (χ2v) is 12.3. The largest absolute Gasteiger partial charge is 0.495 e. The highest BCUT2D eigenvalue weighted by Gasteiger charge is 2.19. The molecule has 0 fully saturated rings. The quantitative estimate of drug-likeness (QED) is 0.106. The molecule has 3 aromatic rings. The fourth-order valence-corrected chi connectivity index (χ4v) is 4.70. The molecule has 3 rings (SSSR count). The lowest BCUT2D eigenvalue weighted by Gasteiger charge is -2.19. The van der Waals surface area contributed by atoms with Crippen LogP contribution in [0.4, 0.5) is 16.2 Å². The highest BCUT2D eigenvalue weighted by Crippen LogP contribution is 2.29. The summed E-state index contributed by atoms with van der Waals surface area (Å²) in [6.45, 7) is 8.71. The van der Waals surface area contributed by atoms with Gasteiger partial charge in [0.2, 0.25) is 0 Å². The molecule has 0 unspecified atom stereocenters. The highest BCUT2D eigenvalue weighted by molar-refractivity contribution is 6.09. The molecule has 0 aliphatic rings. The first kappa shape index (κ1) is 39.2. The Bertz CT molecular complexity index is 1570. The number of unbranched alkanes of at least 4 members (excludes halogenated alkanes) is 2. The van der Waals surface area contributed by atoms with E-state index in [1.807, 2.05) is 0 Å². The third-order valence-corrected chi connectivity index (χ3v) is 7.20. The zero-order valence-corrected chi connectivity index (χ0v) is 29.8. The Morgan fingerprint density at radius 2 is 1.54 bits per heavy atom. The number of nitrogens with one attached hydrogen (secondary N) is 2. The van der Waals surface area contributed by atoms with Crippen molar-refractivity contribution in [2.45, 2.75) is 65.4 Å². The smallest absolute Gasteiger partial charge is 0.407 e. The summed E-state index contributed by atoms with van der Waals surface area (Å²) in [5, 5.41) is 5.53. The van der Waals surface area contributed by atoms with Gasteiger partial charge in [0.25, 0.3) is 11.8 Å². The minimum Gasteiger partial charge on any atom is -0.495 e. The van der Waals surface area contributed by atoms with Gasteiger partial charge < -0.3 is 39.2 Å². The molecule has 50 heavy (non-hydrogen) atoms. The molecule has 3 aromatic carbocycles. The van der Waals surface area contributed by atoms with Crippen LogP contribution in [0.25, 0.3) is 0 Å². The lowest BCUT2D eigenvalue weighted by Crippen LogP contribution is -2.33. The zero-order chi connectivity index (χ0) is 36.5. The van der Waals surface area contributed by atoms with E-state index >= 15 is 0 Å². The lowest BCUT2D eigenvalue weighted by atomic mass is 10.1. The average molecular weight is 692 g/mol. The minimum atomic E-state index is -0.581. The van der Waals surface area contributed by atoms with Crippen LogP contribution in [-0.4, -0.2) is 70.0 Å². The monoisotopic (exact) mass is 691 g/mol.